The molecule has 1 N–H and O–H groups in total. The maximum Gasteiger partial charge on any atom is 0.291 e. The monoisotopic (exact) mass is 313 g/mol. The van der Waals surface area contributed by atoms with Crippen LogP contribution in [0.3, 0.4) is 0 Å². The molecule has 0 fully saturated rings. The molecule has 2 heterocycles. The van der Waals surface area contributed by atoms with E-state index >= 15 is 0 Å². The number of fused-ring (bicyclic) bond motifs is 1. The Morgan fingerprint density at radius 1 is 1.30 bits per heavy atom. The van der Waals surface area contributed by atoms with Crippen molar-refractivity contribution in [3.63, 3.8) is 0 Å². The number of nitrogens with zero attached hydrogens (tertiary/aromatic N) is 2. The molecule has 0 aliphatic rings. The first kappa shape index (κ1) is 15.0. The van der Waals surface area contributed by atoms with Crippen LogP contribution in [0.5, 0.6) is 0 Å². The summed E-state index contributed by atoms with van der Waals surface area (Å²) < 4.78 is 19.8. The average Bonchev–Trinajstić information content (AvgIpc) is 2.88. The van der Waals surface area contributed by atoms with Gasteiger partial charge in [-0.3, -0.25) is 9.78 Å². The molecule has 0 aliphatic heterocycles. The van der Waals surface area contributed by atoms with E-state index in [1.165, 1.54) is 11.0 Å². The number of pyridine rings is 1. The molecule has 6 heteroatoms. The van der Waals surface area contributed by atoms with Gasteiger partial charge in [-0.2, -0.15) is 0 Å². The Bertz CT molecular complexity index is 887. The molecule has 0 atom stereocenters. The Balaban J connectivity index is 2.14. The van der Waals surface area contributed by atoms with Crippen molar-refractivity contribution in [3.05, 3.63) is 53.8 Å². The first-order valence-corrected chi connectivity index (χ1v) is 7.08. The number of anilines is 2. The van der Waals surface area contributed by atoms with Gasteiger partial charge in [0.15, 0.2) is 0 Å². The fourth-order valence-corrected chi connectivity index (χ4v) is 2.28. The molecule has 3 aromatic rings. The summed E-state index contributed by atoms with van der Waals surface area (Å²) in [6.07, 6.45) is 3.16. The number of nitrogens with one attached hydrogen (secondary N) is 1. The lowest BCUT2D eigenvalue weighted by Gasteiger charge is -2.11. The van der Waals surface area contributed by atoms with Crippen LogP contribution in [0.2, 0.25) is 0 Å². The largest absolute Gasteiger partial charge is 0.448 e. The number of carbonyl (C=O) groups excluding carboxylic acids is 1. The van der Waals surface area contributed by atoms with E-state index in [9.17, 15) is 9.18 Å². The zero-order valence-corrected chi connectivity index (χ0v) is 13.1. The highest BCUT2D eigenvalue weighted by Gasteiger charge is 2.23. The van der Waals surface area contributed by atoms with Gasteiger partial charge in [-0.25, -0.2) is 4.39 Å². The maximum absolute atomic E-state index is 14.1. The van der Waals surface area contributed by atoms with Crippen LogP contribution in [-0.4, -0.2) is 29.9 Å². The summed E-state index contributed by atoms with van der Waals surface area (Å²) >= 11 is 0. The van der Waals surface area contributed by atoms with Gasteiger partial charge in [0.2, 0.25) is 5.76 Å². The summed E-state index contributed by atoms with van der Waals surface area (Å²) in [6.45, 7) is 1.81. The lowest BCUT2D eigenvalue weighted by Crippen LogP contribution is -2.21. The molecule has 5 nitrogen and oxygen atoms in total. The third-order valence-corrected chi connectivity index (χ3v) is 3.47. The normalized spacial score (nSPS) is 10.8. The van der Waals surface area contributed by atoms with Crippen LogP contribution in [-0.2, 0) is 0 Å². The fourth-order valence-electron chi connectivity index (χ4n) is 2.28. The lowest BCUT2D eigenvalue weighted by atomic mass is 10.2. The number of aromatic nitrogens is 1. The minimum atomic E-state index is -0.397. The highest BCUT2D eigenvalue weighted by Crippen LogP contribution is 2.34. The predicted molar refractivity (Wildman–Crippen MR) is 86.4 cm³/mol. The fraction of sp³-hybridized carbons (Fsp3) is 0.176. The van der Waals surface area contributed by atoms with Gasteiger partial charge in [0.1, 0.15) is 17.1 Å². The third kappa shape index (κ3) is 2.75. The quantitative estimate of drug-likeness (QED) is 0.800. The summed E-state index contributed by atoms with van der Waals surface area (Å²) in [6, 6.07) is 6.51. The van der Waals surface area contributed by atoms with Gasteiger partial charge in [-0.1, -0.05) is 6.07 Å². The first-order chi connectivity index (χ1) is 11.0. The molecule has 3 rings (SSSR count). The van der Waals surface area contributed by atoms with E-state index in [0.29, 0.717) is 16.7 Å². The SMILES string of the molecule is Cc1ccc(Nc2c(C(=O)N(C)C)oc3ccncc23)c(F)c1. The van der Waals surface area contributed by atoms with E-state index in [0.717, 1.165) is 5.56 Å². The summed E-state index contributed by atoms with van der Waals surface area (Å²) in [4.78, 5) is 17.8. The molecule has 2 aromatic heterocycles. The standard InChI is InChI=1S/C17H16FN3O2/c1-10-4-5-13(12(18)8-10)20-15-11-9-19-7-6-14(11)23-16(15)17(22)21(2)3/h4-9,20H,1-3H3. The highest BCUT2D eigenvalue weighted by atomic mass is 19.1. The van der Waals surface area contributed by atoms with Gasteiger partial charge in [0.05, 0.1) is 11.1 Å². The number of amides is 1. The number of furan rings is 1. The van der Waals surface area contributed by atoms with Gasteiger partial charge in [0, 0.05) is 26.5 Å². The Kier molecular flexibility index (Phi) is 3.73. The molecule has 0 saturated heterocycles. The number of aryl methyl sites for hydroxylation is 1. The van der Waals surface area contributed by atoms with Gasteiger partial charge in [0.25, 0.3) is 5.91 Å². The molecule has 1 amide bonds. The topological polar surface area (TPSA) is 58.4 Å². The van der Waals surface area contributed by atoms with E-state index in [4.69, 9.17) is 4.42 Å². The van der Waals surface area contributed by atoms with Crippen molar-refractivity contribution >= 4 is 28.3 Å². The number of carbonyl (C=O) groups is 1. The van der Waals surface area contributed by atoms with E-state index in [2.05, 4.69) is 10.3 Å². The van der Waals surface area contributed by atoms with Crippen molar-refractivity contribution in [2.75, 3.05) is 19.4 Å². The van der Waals surface area contributed by atoms with Crippen molar-refractivity contribution in [1.29, 1.82) is 0 Å². The Hall–Kier alpha value is -2.89. The van der Waals surface area contributed by atoms with Crippen molar-refractivity contribution in [2.24, 2.45) is 0 Å². The molecule has 0 bridgehead atoms. The van der Waals surface area contributed by atoms with Crippen LogP contribution in [0.1, 0.15) is 16.1 Å². The van der Waals surface area contributed by atoms with Gasteiger partial charge in [-0.05, 0) is 30.7 Å². The molecule has 23 heavy (non-hydrogen) atoms. The van der Waals surface area contributed by atoms with E-state index in [1.54, 1.807) is 44.7 Å². The van der Waals surface area contributed by atoms with Gasteiger partial charge in [-0.15, -0.1) is 0 Å². The maximum atomic E-state index is 14.1. The predicted octanol–water partition coefficient (Wildman–Crippen LogP) is 3.72. The van der Waals surface area contributed by atoms with Crippen LogP contribution >= 0.6 is 0 Å². The zero-order chi connectivity index (χ0) is 16.6. The average molecular weight is 313 g/mol. The summed E-state index contributed by atoms with van der Waals surface area (Å²) in [5.41, 5.74) is 2.01. The van der Waals surface area contributed by atoms with Crippen molar-refractivity contribution in [3.8, 4) is 0 Å². The van der Waals surface area contributed by atoms with E-state index in [1.807, 2.05) is 6.92 Å². The van der Waals surface area contributed by atoms with E-state index < -0.39 is 5.82 Å². The van der Waals surface area contributed by atoms with E-state index in [-0.39, 0.29) is 17.4 Å². The minimum Gasteiger partial charge on any atom is -0.448 e. The molecule has 118 valence electrons. The van der Waals surface area contributed by atoms with Crippen LogP contribution in [0.4, 0.5) is 15.8 Å². The first-order valence-electron chi connectivity index (χ1n) is 7.08. The Morgan fingerprint density at radius 3 is 2.78 bits per heavy atom. The number of rotatable bonds is 3. The molecule has 0 spiro atoms. The van der Waals surface area contributed by atoms with Crippen LogP contribution in [0.25, 0.3) is 11.0 Å². The number of halogens is 1. The summed E-state index contributed by atoms with van der Waals surface area (Å²) in [7, 11) is 3.26. The molecule has 0 unspecified atom stereocenters. The van der Waals surface area contributed by atoms with Crippen LogP contribution in [0.15, 0.2) is 41.1 Å². The van der Waals surface area contributed by atoms with Crippen LogP contribution < -0.4 is 5.32 Å². The third-order valence-electron chi connectivity index (χ3n) is 3.47. The lowest BCUT2D eigenvalue weighted by molar-refractivity contribution is 0.0800. The zero-order valence-electron chi connectivity index (χ0n) is 13.1. The highest BCUT2D eigenvalue weighted by molar-refractivity contribution is 6.06. The number of hydrogen-bond donors (Lipinski definition) is 1. The molecular formula is C17H16FN3O2. The Morgan fingerprint density at radius 2 is 2.09 bits per heavy atom. The molecule has 0 radical (unpaired) electrons. The number of hydrogen-bond acceptors (Lipinski definition) is 4. The van der Waals surface area contributed by atoms with Gasteiger partial charge >= 0.3 is 0 Å². The van der Waals surface area contributed by atoms with Gasteiger partial charge < -0.3 is 14.6 Å². The van der Waals surface area contributed by atoms with Crippen molar-refractivity contribution < 1.29 is 13.6 Å². The second kappa shape index (κ2) is 5.72. The molecule has 0 aliphatic carbocycles. The smallest absolute Gasteiger partial charge is 0.291 e. The minimum absolute atomic E-state index is 0.123. The van der Waals surface area contributed by atoms with Crippen LogP contribution in [0, 0.1) is 12.7 Å². The Labute approximate surface area is 132 Å². The molecular weight excluding hydrogens is 297 g/mol. The molecule has 1 aromatic carbocycles. The van der Waals surface area contributed by atoms with Crippen molar-refractivity contribution in [2.45, 2.75) is 6.92 Å². The molecule has 0 saturated carbocycles. The summed E-state index contributed by atoms with van der Waals surface area (Å²) in [5.74, 6) is -0.583. The number of benzene rings is 1. The second-order valence-corrected chi connectivity index (χ2v) is 5.49. The second-order valence-electron chi connectivity index (χ2n) is 5.49. The summed E-state index contributed by atoms with van der Waals surface area (Å²) in [5, 5.41) is 3.59. The van der Waals surface area contributed by atoms with Crippen molar-refractivity contribution in [1.82, 2.24) is 9.88 Å².